The second-order valence-corrected chi connectivity index (χ2v) is 8.95. The molecule has 0 atom stereocenters. The van der Waals surface area contributed by atoms with Crippen LogP contribution in [0.25, 0.3) is 6.08 Å². The monoisotopic (exact) mass is 502 g/mol. The molecule has 174 valence electrons. The van der Waals surface area contributed by atoms with E-state index in [4.69, 9.17) is 16.3 Å². The van der Waals surface area contributed by atoms with Gasteiger partial charge in [0.2, 0.25) is 0 Å². The second-order valence-electron chi connectivity index (χ2n) is 7.51. The number of pyridine rings is 1. The van der Waals surface area contributed by atoms with E-state index in [1.807, 2.05) is 54.7 Å². The molecule has 1 saturated heterocycles. The van der Waals surface area contributed by atoms with Gasteiger partial charge >= 0.3 is 0 Å². The summed E-state index contributed by atoms with van der Waals surface area (Å²) in [5, 5.41) is 12.4. The Morgan fingerprint density at radius 1 is 1.09 bits per heavy atom. The van der Waals surface area contributed by atoms with Gasteiger partial charge in [0.1, 0.15) is 18.1 Å². The first-order chi connectivity index (χ1) is 17.1. The molecular formula is C25H19ClN6O2S. The third-order valence-electron chi connectivity index (χ3n) is 5.00. The van der Waals surface area contributed by atoms with E-state index in [2.05, 4.69) is 25.6 Å². The fraction of sp³-hybridized carbons (Fsp3) is 0.0800. The molecule has 3 heterocycles. The number of rotatable bonds is 7. The molecule has 1 N–H and O–H groups in total. The lowest BCUT2D eigenvalue weighted by Gasteiger charge is -2.08. The van der Waals surface area contributed by atoms with Crippen molar-refractivity contribution in [2.75, 3.05) is 0 Å². The maximum atomic E-state index is 12.5. The van der Waals surface area contributed by atoms with Crippen LogP contribution in [0.4, 0.5) is 5.69 Å². The van der Waals surface area contributed by atoms with Gasteiger partial charge in [-0.3, -0.25) is 9.78 Å². The van der Waals surface area contributed by atoms with E-state index in [1.165, 1.54) is 11.8 Å². The van der Waals surface area contributed by atoms with Crippen LogP contribution in [0.2, 0.25) is 5.02 Å². The lowest BCUT2D eigenvalue weighted by atomic mass is 10.2. The maximum Gasteiger partial charge on any atom is 0.264 e. The summed E-state index contributed by atoms with van der Waals surface area (Å²) in [6, 6.07) is 18.7. The molecule has 1 aliphatic rings. The van der Waals surface area contributed by atoms with Crippen LogP contribution in [0.15, 0.2) is 89.2 Å². The third kappa shape index (κ3) is 5.76. The Hall–Kier alpha value is -3.95. The van der Waals surface area contributed by atoms with Crippen LogP contribution in [0.3, 0.4) is 0 Å². The van der Waals surface area contributed by atoms with Crippen molar-refractivity contribution < 1.29 is 9.53 Å². The quantitative estimate of drug-likeness (QED) is 0.363. The topological polar surface area (TPSA) is 94.3 Å². The Bertz CT molecular complexity index is 1420. The lowest BCUT2D eigenvalue weighted by Crippen LogP contribution is -2.19. The summed E-state index contributed by atoms with van der Waals surface area (Å²) in [5.41, 5.74) is 3.14. The minimum atomic E-state index is -0.208. The number of hydrogen-bond donors (Lipinski definition) is 1. The average molecular weight is 503 g/mol. The van der Waals surface area contributed by atoms with E-state index in [1.54, 1.807) is 35.3 Å². The van der Waals surface area contributed by atoms with Crippen molar-refractivity contribution in [3.63, 3.8) is 0 Å². The van der Waals surface area contributed by atoms with Crippen molar-refractivity contribution in [2.24, 2.45) is 4.99 Å². The first-order valence-corrected chi connectivity index (χ1v) is 11.9. The Labute approximate surface area is 210 Å². The summed E-state index contributed by atoms with van der Waals surface area (Å²) < 4.78 is 7.73. The first kappa shape index (κ1) is 22.8. The van der Waals surface area contributed by atoms with Crippen molar-refractivity contribution in [3.8, 4) is 5.75 Å². The van der Waals surface area contributed by atoms with Gasteiger partial charge in [-0.15, -0.1) is 5.10 Å². The van der Waals surface area contributed by atoms with Gasteiger partial charge < -0.3 is 10.1 Å². The van der Waals surface area contributed by atoms with Crippen LogP contribution in [0, 0.1) is 0 Å². The van der Waals surface area contributed by atoms with Crippen LogP contribution in [0.5, 0.6) is 5.75 Å². The zero-order valence-electron chi connectivity index (χ0n) is 18.3. The molecule has 10 heteroatoms. The number of amidine groups is 1. The van der Waals surface area contributed by atoms with Crippen LogP contribution < -0.4 is 10.1 Å². The summed E-state index contributed by atoms with van der Waals surface area (Å²) >= 11 is 7.51. The number of nitrogens with zero attached hydrogens (tertiary/aromatic N) is 5. The summed E-state index contributed by atoms with van der Waals surface area (Å²) in [6.45, 7) is 0.752. The van der Waals surface area contributed by atoms with Gasteiger partial charge in [0.05, 0.1) is 23.3 Å². The minimum Gasteiger partial charge on any atom is -0.487 e. The van der Waals surface area contributed by atoms with E-state index < -0.39 is 0 Å². The molecule has 0 radical (unpaired) electrons. The fourth-order valence-electron chi connectivity index (χ4n) is 3.32. The summed E-state index contributed by atoms with van der Waals surface area (Å²) in [7, 11) is 0. The van der Waals surface area contributed by atoms with E-state index in [9.17, 15) is 4.79 Å². The molecule has 5 rings (SSSR count). The SMILES string of the molecule is O=C1NC(=Nc2ccncc2)S/C1=C\c1ccccc1OCc1cn(Cc2ccccc2Cl)nn1. The number of ether oxygens (including phenoxy) is 1. The molecule has 35 heavy (non-hydrogen) atoms. The molecule has 0 bridgehead atoms. The van der Waals surface area contributed by atoms with Crippen molar-refractivity contribution in [1.82, 2.24) is 25.3 Å². The van der Waals surface area contributed by atoms with Crippen LogP contribution in [0.1, 0.15) is 16.8 Å². The number of aromatic nitrogens is 4. The second kappa shape index (κ2) is 10.5. The molecule has 1 aliphatic heterocycles. The molecule has 0 unspecified atom stereocenters. The molecule has 1 fully saturated rings. The van der Waals surface area contributed by atoms with E-state index in [0.717, 1.165) is 16.8 Å². The van der Waals surface area contributed by atoms with Crippen LogP contribution in [-0.2, 0) is 17.9 Å². The molecule has 2 aromatic heterocycles. The predicted octanol–water partition coefficient (Wildman–Crippen LogP) is 4.85. The van der Waals surface area contributed by atoms with Crippen molar-refractivity contribution >= 4 is 46.2 Å². The van der Waals surface area contributed by atoms with Crippen molar-refractivity contribution in [1.29, 1.82) is 0 Å². The fourth-order valence-corrected chi connectivity index (χ4v) is 4.35. The highest BCUT2D eigenvalue weighted by Gasteiger charge is 2.24. The highest BCUT2D eigenvalue weighted by atomic mass is 35.5. The molecule has 1 amide bonds. The van der Waals surface area contributed by atoms with Crippen molar-refractivity contribution in [2.45, 2.75) is 13.2 Å². The Balaban J connectivity index is 1.27. The maximum absolute atomic E-state index is 12.5. The normalized spacial score (nSPS) is 15.5. The van der Waals surface area contributed by atoms with Gasteiger partial charge in [0.15, 0.2) is 5.17 Å². The number of thioether (sulfide) groups is 1. The van der Waals surface area contributed by atoms with E-state index in [-0.39, 0.29) is 12.5 Å². The highest BCUT2D eigenvalue weighted by molar-refractivity contribution is 8.18. The number of halogens is 1. The predicted molar refractivity (Wildman–Crippen MR) is 136 cm³/mol. The van der Waals surface area contributed by atoms with Gasteiger partial charge in [-0.2, -0.15) is 0 Å². The van der Waals surface area contributed by atoms with Gasteiger partial charge in [-0.1, -0.05) is 53.2 Å². The van der Waals surface area contributed by atoms with Gasteiger partial charge in [-0.25, -0.2) is 9.67 Å². The molecule has 8 nitrogen and oxygen atoms in total. The molecular weight excluding hydrogens is 484 g/mol. The molecule has 0 saturated carbocycles. The number of amides is 1. The Kier molecular flexibility index (Phi) is 6.87. The van der Waals surface area contributed by atoms with Crippen molar-refractivity contribution in [3.05, 3.63) is 106 Å². The Morgan fingerprint density at radius 3 is 2.74 bits per heavy atom. The lowest BCUT2D eigenvalue weighted by molar-refractivity contribution is -0.115. The molecule has 0 spiro atoms. The third-order valence-corrected chi connectivity index (χ3v) is 6.28. The standard InChI is InChI=1S/C25H19ClN6O2S/c26-21-7-3-1-6-18(21)14-32-15-20(30-31-32)16-34-22-8-4-2-5-17(22)13-23-24(33)29-25(35-23)28-19-9-11-27-12-10-19/h1-13,15H,14,16H2,(H,27,28,29,33)/b23-13-. The summed E-state index contributed by atoms with van der Waals surface area (Å²) in [6.07, 6.45) is 6.92. The van der Waals surface area contributed by atoms with E-state index in [0.29, 0.717) is 33.1 Å². The highest BCUT2D eigenvalue weighted by Crippen LogP contribution is 2.30. The summed E-state index contributed by atoms with van der Waals surface area (Å²) in [4.78, 5) is 21.4. The molecule has 4 aromatic rings. The average Bonchev–Trinajstić information content (AvgIpc) is 3.46. The minimum absolute atomic E-state index is 0.208. The largest absolute Gasteiger partial charge is 0.487 e. The number of carbonyl (C=O) groups excluding carboxylic acids is 1. The number of aliphatic imine (C=N–C) groups is 1. The van der Waals surface area contributed by atoms with Gasteiger partial charge in [0.25, 0.3) is 5.91 Å². The first-order valence-electron chi connectivity index (χ1n) is 10.7. The number of nitrogens with one attached hydrogen (secondary N) is 1. The van der Waals surface area contributed by atoms with Gasteiger partial charge in [-0.05, 0) is 47.7 Å². The number of para-hydroxylation sites is 1. The zero-order chi connectivity index (χ0) is 24.0. The number of benzene rings is 2. The molecule has 2 aromatic carbocycles. The smallest absolute Gasteiger partial charge is 0.264 e. The zero-order valence-corrected chi connectivity index (χ0v) is 19.9. The Morgan fingerprint density at radius 2 is 1.89 bits per heavy atom. The van der Waals surface area contributed by atoms with E-state index >= 15 is 0 Å². The van der Waals surface area contributed by atoms with Crippen LogP contribution in [-0.4, -0.2) is 31.1 Å². The van der Waals surface area contributed by atoms with Gasteiger partial charge in [0, 0.05) is 23.0 Å². The van der Waals surface area contributed by atoms with Crippen LogP contribution >= 0.6 is 23.4 Å². The summed E-state index contributed by atoms with van der Waals surface area (Å²) in [5.74, 6) is 0.425. The number of hydrogen-bond acceptors (Lipinski definition) is 7. The molecule has 0 aliphatic carbocycles. The number of carbonyl (C=O) groups is 1.